The fourth-order valence-electron chi connectivity index (χ4n) is 2.68. The number of aromatic nitrogens is 2. The topological polar surface area (TPSA) is 109 Å². The predicted octanol–water partition coefficient (Wildman–Crippen LogP) is 3.93. The number of rotatable bonds is 8. The quantitative estimate of drug-likeness (QED) is 0.456. The maximum Gasteiger partial charge on any atom is 0.275 e. The summed E-state index contributed by atoms with van der Waals surface area (Å²) in [5, 5.41) is 18.1. The number of hydrogen-bond acceptors (Lipinski definition) is 6. The zero-order chi connectivity index (χ0) is 20.8. The standard InChI is InChI=1S/C20H20N4O5/c1-14-12-21-23(13-14)8-7-20(25)22-15-9-16(24(26)27)11-17(10-15)29-19-6-4-3-5-18(19)28-2/h3-6,9-13H,7-8H2,1-2H3,(H,22,25). The minimum Gasteiger partial charge on any atom is -0.493 e. The fourth-order valence-corrected chi connectivity index (χ4v) is 2.68. The van der Waals surface area contributed by atoms with Crippen LogP contribution in [0.3, 0.4) is 0 Å². The summed E-state index contributed by atoms with van der Waals surface area (Å²) in [6.07, 6.45) is 3.71. The Hall–Kier alpha value is -3.88. The van der Waals surface area contributed by atoms with Crippen LogP contribution < -0.4 is 14.8 Å². The number of carbonyl (C=O) groups excluding carboxylic acids is 1. The largest absolute Gasteiger partial charge is 0.493 e. The zero-order valence-electron chi connectivity index (χ0n) is 16.0. The first-order valence-corrected chi connectivity index (χ1v) is 8.84. The molecule has 0 bridgehead atoms. The summed E-state index contributed by atoms with van der Waals surface area (Å²) in [5.41, 5.74) is 1.07. The molecule has 1 aromatic heterocycles. The van der Waals surface area contributed by atoms with Crippen LogP contribution in [-0.2, 0) is 11.3 Å². The van der Waals surface area contributed by atoms with E-state index in [1.807, 2.05) is 13.1 Å². The Morgan fingerprint density at radius 3 is 2.66 bits per heavy atom. The molecule has 0 aliphatic carbocycles. The number of nitrogens with zero attached hydrogens (tertiary/aromatic N) is 3. The molecule has 3 aromatic rings. The van der Waals surface area contributed by atoms with Gasteiger partial charge in [-0.15, -0.1) is 0 Å². The van der Waals surface area contributed by atoms with Gasteiger partial charge >= 0.3 is 0 Å². The van der Waals surface area contributed by atoms with Gasteiger partial charge in [-0.3, -0.25) is 19.6 Å². The number of anilines is 1. The number of carbonyl (C=O) groups is 1. The second-order valence-electron chi connectivity index (χ2n) is 6.30. The van der Waals surface area contributed by atoms with Gasteiger partial charge in [0.25, 0.3) is 5.69 Å². The molecule has 2 aromatic carbocycles. The average molecular weight is 396 g/mol. The van der Waals surface area contributed by atoms with E-state index in [4.69, 9.17) is 9.47 Å². The molecule has 3 rings (SSSR count). The molecule has 0 radical (unpaired) electrons. The lowest BCUT2D eigenvalue weighted by Crippen LogP contribution is -2.15. The van der Waals surface area contributed by atoms with Crippen molar-refractivity contribution in [3.63, 3.8) is 0 Å². The molecule has 1 N–H and O–H groups in total. The van der Waals surface area contributed by atoms with Crippen molar-refractivity contribution in [3.8, 4) is 17.2 Å². The van der Waals surface area contributed by atoms with Crippen molar-refractivity contribution in [3.05, 3.63) is 70.5 Å². The number of aryl methyl sites for hydroxylation is 2. The molecular formula is C20H20N4O5. The smallest absolute Gasteiger partial charge is 0.275 e. The summed E-state index contributed by atoms with van der Waals surface area (Å²) in [6.45, 7) is 2.31. The summed E-state index contributed by atoms with van der Waals surface area (Å²) < 4.78 is 12.6. The number of nitrogens with one attached hydrogen (secondary N) is 1. The second kappa shape index (κ2) is 8.87. The van der Waals surface area contributed by atoms with Gasteiger partial charge in [0, 0.05) is 31.3 Å². The van der Waals surface area contributed by atoms with E-state index in [1.165, 1.54) is 25.3 Å². The van der Waals surface area contributed by atoms with Gasteiger partial charge in [0.15, 0.2) is 11.5 Å². The molecule has 0 spiro atoms. The van der Waals surface area contributed by atoms with Crippen LogP contribution in [0.5, 0.6) is 17.2 Å². The fraction of sp³-hybridized carbons (Fsp3) is 0.200. The van der Waals surface area contributed by atoms with Gasteiger partial charge < -0.3 is 14.8 Å². The van der Waals surface area contributed by atoms with Crippen LogP contribution >= 0.6 is 0 Å². The SMILES string of the molecule is COc1ccccc1Oc1cc(NC(=O)CCn2cc(C)cn2)cc([N+](=O)[O-])c1. The van der Waals surface area contributed by atoms with Gasteiger partial charge in [-0.1, -0.05) is 12.1 Å². The summed E-state index contributed by atoms with van der Waals surface area (Å²) in [7, 11) is 1.50. The number of ether oxygens (including phenoxy) is 2. The van der Waals surface area contributed by atoms with Gasteiger partial charge in [0.1, 0.15) is 5.75 Å². The van der Waals surface area contributed by atoms with Crippen molar-refractivity contribution < 1.29 is 19.2 Å². The lowest BCUT2D eigenvalue weighted by atomic mass is 10.2. The van der Waals surface area contributed by atoms with E-state index in [0.717, 1.165) is 5.56 Å². The monoisotopic (exact) mass is 396 g/mol. The predicted molar refractivity (Wildman–Crippen MR) is 106 cm³/mol. The molecule has 0 saturated carbocycles. The summed E-state index contributed by atoms with van der Waals surface area (Å²) in [4.78, 5) is 23.0. The van der Waals surface area contributed by atoms with Gasteiger partial charge in [0.05, 0.1) is 30.0 Å². The normalized spacial score (nSPS) is 10.4. The van der Waals surface area contributed by atoms with Crippen LogP contribution in [0.25, 0.3) is 0 Å². The van der Waals surface area contributed by atoms with Crippen LogP contribution in [0.4, 0.5) is 11.4 Å². The molecule has 9 heteroatoms. The van der Waals surface area contributed by atoms with Crippen molar-refractivity contribution in [2.75, 3.05) is 12.4 Å². The Morgan fingerprint density at radius 2 is 2.00 bits per heavy atom. The van der Waals surface area contributed by atoms with Crippen LogP contribution in [-0.4, -0.2) is 27.7 Å². The molecule has 1 amide bonds. The third kappa shape index (κ3) is 5.32. The molecule has 1 heterocycles. The number of hydrogen-bond donors (Lipinski definition) is 1. The van der Waals surface area contributed by atoms with Crippen LogP contribution in [0.1, 0.15) is 12.0 Å². The molecule has 0 aliphatic heterocycles. The van der Waals surface area contributed by atoms with Gasteiger partial charge in [-0.05, 0) is 24.6 Å². The number of nitro benzene ring substituents is 1. The minimum atomic E-state index is -0.544. The van der Waals surface area contributed by atoms with E-state index in [0.29, 0.717) is 18.0 Å². The third-order valence-corrected chi connectivity index (χ3v) is 4.01. The summed E-state index contributed by atoms with van der Waals surface area (Å²) >= 11 is 0. The molecule has 150 valence electrons. The highest BCUT2D eigenvalue weighted by Gasteiger charge is 2.14. The minimum absolute atomic E-state index is 0.173. The Morgan fingerprint density at radius 1 is 1.24 bits per heavy atom. The number of nitro groups is 1. The lowest BCUT2D eigenvalue weighted by molar-refractivity contribution is -0.384. The van der Waals surface area contributed by atoms with Crippen molar-refractivity contribution in [2.45, 2.75) is 19.9 Å². The molecular weight excluding hydrogens is 376 g/mol. The number of para-hydroxylation sites is 2. The van der Waals surface area contributed by atoms with Crippen molar-refractivity contribution in [2.24, 2.45) is 0 Å². The maximum atomic E-state index is 12.3. The Bertz CT molecular complexity index is 1030. The van der Waals surface area contributed by atoms with Gasteiger partial charge in [0.2, 0.25) is 5.91 Å². The summed E-state index contributed by atoms with van der Waals surface area (Å²) in [6, 6.07) is 11.0. The number of methoxy groups -OCH3 is 1. The molecule has 0 saturated heterocycles. The van der Waals surface area contributed by atoms with Crippen LogP contribution in [0, 0.1) is 17.0 Å². The van der Waals surface area contributed by atoms with Crippen molar-refractivity contribution in [1.82, 2.24) is 9.78 Å². The molecule has 9 nitrogen and oxygen atoms in total. The molecule has 0 fully saturated rings. The average Bonchev–Trinajstić information content (AvgIpc) is 3.12. The maximum absolute atomic E-state index is 12.3. The first kappa shape index (κ1) is 19.9. The Kier molecular flexibility index (Phi) is 6.08. The van der Waals surface area contributed by atoms with E-state index in [-0.39, 0.29) is 29.5 Å². The highest BCUT2D eigenvalue weighted by Crippen LogP contribution is 2.34. The lowest BCUT2D eigenvalue weighted by Gasteiger charge is -2.12. The van der Waals surface area contributed by atoms with Gasteiger partial charge in [-0.2, -0.15) is 5.10 Å². The van der Waals surface area contributed by atoms with E-state index in [2.05, 4.69) is 10.4 Å². The van der Waals surface area contributed by atoms with Crippen molar-refractivity contribution >= 4 is 17.3 Å². The van der Waals surface area contributed by atoms with Gasteiger partial charge in [-0.25, -0.2) is 0 Å². The zero-order valence-corrected chi connectivity index (χ0v) is 16.0. The second-order valence-corrected chi connectivity index (χ2v) is 6.30. The van der Waals surface area contributed by atoms with E-state index >= 15 is 0 Å². The Balaban J connectivity index is 1.75. The molecule has 29 heavy (non-hydrogen) atoms. The highest BCUT2D eigenvalue weighted by molar-refractivity contribution is 5.91. The van der Waals surface area contributed by atoms with E-state index in [1.54, 1.807) is 35.1 Å². The van der Waals surface area contributed by atoms with E-state index in [9.17, 15) is 14.9 Å². The first-order valence-electron chi connectivity index (χ1n) is 8.84. The number of amides is 1. The van der Waals surface area contributed by atoms with Crippen LogP contribution in [0.15, 0.2) is 54.9 Å². The molecule has 0 unspecified atom stereocenters. The molecule has 0 atom stereocenters. The Labute approximate surface area is 167 Å². The number of benzene rings is 2. The van der Waals surface area contributed by atoms with E-state index < -0.39 is 4.92 Å². The summed E-state index contributed by atoms with van der Waals surface area (Å²) in [5.74, 6) is 0.810. The van der Waals surface area contributed by atoms with Crippen molar-refractivity contribution in [1.29, 1.82) is 0 Å². The third-order valence-electron chi connectivity index (χ3n) is 4.01. The first-order chi connectivity index (χ1) is 13.9. The van der Waals surface area contributed by atoms with Crippen LogP contribution in [0.2, 0.25) is 0 Å². The number of non-ortho nitro benzene ring substituents is 1. The molecule has 0 aliphatic rings. The highest BCUT2D eigenvalue weighted by atomic mass is 16.6.